The van der Waals surface area contributed by atoms with Crippen LogP contribution in [0.1, 0.15) is 0 Å². The Kier molecular flexibility index (Phi) is 4.30. The van der Waals surface area contributed by atoms with Gasteiger partial charge in [-0.25, -0.2) is 0 Å². The van der Waals surface area contributed by atoms with Crippen LogP contribution in [0.2, 0.25) is 0 Å². The molecular weight excluding hydrogens is 244 g/mol. The monoisotopic (exact) mass is 260 g/mol. The van der Waals surface area contributed by atoms with Crippen LogP contribution in [0.4, 0.5) is 0 Å². The van der Waals surface area contributed by atoms with Crippen LogP contribution in [0.25, 0.3) is 10.8 Å². The second-order valence-electron chi connectivity index (χ2n) is 4.18. The zero-order valence-corrected chi connectivity index (χ0v) is 10.8. The number of rotatable bonds is 5. The topological polar surface area (TPSA) is 60.3 Å². The maximum Gasteiger partial charge on any atom is 0.258 e. The Morgan fingerprint density at radius 2 is 2.11 bits per heavy atom. The van der Waals surface area contributed by atoms with Crippen molar-refractivity contribution in [2.45, 2.75) is 6.54 Å². The van der Waals surface area contributed by atoms with Crippen LogP contribution in [-0.2, 0) is 16.1 Å². The van der Waals surface area contributed by atoms with E-state index >= 15 is 0 Å². The molecule has 0 atom stereocenters. The molecule has 0 aliphatic heterocycles. The Bertz CT molecular complexity index is 634. The number of carbonyl (C=O) groups is 1. The fourth-order valence-corrected chi connectivity index (χ4v) is 1.86. The highest BCUT2D eigenvalue weighted by molar-refractivity contribution is 5.82. The molecule has 0 unspecified atom stereocenters. The van der Waals surface area contributed by atoms with Crippen molar-refractivity contribution in [3.8, 4) is 0 Å². The van der Waals surface area contributed by atoms with Crippen molar-refractivity contribution in [1.82, 2.24) is 9.88 Å². The zero-order chi connectivity index (χ0) is 13.7. The number of fused-ring (bicyclic) bond motifs is 1. The van der Waals surface area contributed by atoms with Gasteiger partial charge in [-0.15, -0.1) is 0 Å². The lowest BCUT2D eigenvalue weighted by Gasteiger charge is -2.08. The van der Waals surface area contributed by atoms with E-state index < -0.39 is 0 Å². The number of methoxy groups -OCH3 is 1. The third-order valence-electron chi connectivity index (χ3n) is 2.83. The summed E-state index contributed by atoms with van der Waals surface area (Å²) < 4.78 is 6.25. The van der Waals surface area contributed by atoms with Gasteiger partial charge < -0.3 is 14.6 Å². The highest BCUT2D eigenvalue weighted by atomic mass is 16.5. The molecule has 1 heterocycles. The quantitative estimate of drug-likeness (QED) is 0.808. The van der Waals surface area contributed by atoms with Gasteiger partial charge in [-0.2, -0.15) is 0 Å². The van der Waals surface area contributed by atoms with E-state index in [1.54, 1.807) is 19.4 Å². The molecule has 0 bridgehead atoms. The molecule has 0 radical (unpaired) electrons. The molecule has 0 fully saturated rings. The lowest BCUT2D eigenvalue weighted by Crippen LogP contribution is -2.33. The molecule has 0 spiro atoms. The first-order valence-corrected chi connectivity index (χ1v) is 6.06. The van der Waals surface area contributed by atoms with Crippen molar-refractivity contribution in [2.75, 3.05) is 20.3 Å². The van der Waals surface area contributed by atoms with Gasteiger partial charge >= 0.3 is 0 Å². The van der Waals surface area contributed by atoms with Crippen LogP contribution < -0.4 is 10.9 Å². The molecular formula is C14H16N2O3. The molecule has 2 rings (SSSR count). The molecule has 0 aliphatic carbocycles. The molecule has 0 saturated heterocycles. The summed E-state index contributed by atoms with van der Waals surface area (Å²) in [5, 5.41) is 4.18. The number of pyridine rings is 1. The number of nitrogens with one attached hydrogen (secondary N) is 1. The predicted octanol–water partition coefficient (Wildman–Crippen LogP) is 0.764. The van der Waals surface area contributed by atoms with Gasteiger partial charge in [-0.1, -0.05) is 18.2 Å². The van der Waals surface area contributed by atoms with Gasteiger partial charge in [0.25, 0.3) is 5.56 Å². The summed E-state index contributed by atoms with van der Waals surface area (Å²) >= 11 is 0. The van der Waals surface area contributed by atoms with Crippen molar-refractivity contribution in [2.24, 2.45) is 0 Å². The molecule has 0 saturated carbocycles. The van der Waals surface area contributed by atoms with E-state index in [-0.39, 0.29) is 18.0 Å². The molecule has 1 aromatic heterocycles. The molecule has 100 valence electrons. The number of hydrogen-bond donors (Lipinski definition) is 1. The molecule has 0 aliphatic rings. The highest BCUT2D eigenvalue weighted by Crippen LogP contribution is 2.07. The predicted molar refractivity (Wildman–Crippen MR) is 73.1 cm³/mol. The van der Waals surface area contributed by atoms with Gasteiger partial charge in [-0.3, -0.25) is 9.59 Å². The van der Waals surface area contributed by atoms with E-state index in [1.807, 2.05) is 24.3 Å². The third kappa shape index (κ3) is 3.20. The Labute approximate surface area is 110 Å². The highest BCUT2D eigenvalue weighted by Gasteiger charge is 2.06. The number of amides is 1. The summed E-state index contributed by atoms with van der Waals surface area (Å²) in [5.74, 6) is -0.200. The Hall–Kier alpha value is -2.14. The summed E-state index contributed by atoms with van der Waals surface area (Å²) in [7, 11) is 1.57. The maximum absolute atomic E-state index is 12.2. The molecule has 5 heteroatoms. The van der Waals surface area contributed by atoms with Gasteiger partial charge in [0, 0.05) is 25.2 Å². The van der Waals surface area contributed by atoms with E-state index in [2.05, 4.69) is 5.32 Å². The number of carbonyl (C=O) groups excluding carboxylic acids is 1. The van der Waals surface area contributed by atoms with Gasteiger partial charge in [0.2, 0.25) is 5.91 Å². The van der Waals surface area contributed by atoms with Crippen LogP contribution in [0, 0.1) is 0 Å². The van der Waals surface area contributed by atoms with Crippen molar-refractivity contribution < 1.29 is 9.53 Å². The average Bonchev–Trinajstić information content (AvgIpc) is 2.43. The SMILES string of the molecule is COCCNC(=O)Cn1ccc2ccccc2c1=O. The molecule has 1 aromatic carbocycles. The lowest BCUT2D eigenvalue weighted by atomic mass is 10.2. The van der Waals surface area contributed by atoms with Crippen molar-refractivity contribution in [1.29, 1.82) is 0 Å². The Morgan fingerprint density at radius 1 is 1.32 bits per heavy atom. The van der Waals surface area contributed by atoms with E-state index in [4.69, 9.17) is 4.74 Å². The molecule has 1 N–H and O–H groups in total. The maximum atomic E-state index is 12.2. The minimum Gasteiger partial charge on any atom is -0.383 e. The van der Waals surface area contributed by atoms with Crippen LogP contribution in [-0.4, -0.2) is 30.7 Å². The third-order valence-corrected chi connectivity index (χ3v) is 2.83. The van der Waals surface area contributed by atoms with Crippen LogP contribution in [0.5, 0.6) is 0 Å². The van der Waals surface area contributed by atoms with E-state index in [9.17, 15) is 9.59 Å². The Balaban J connectivity index is 2.15. The molecule has 2 aromatic rings. The standard InChI is InChI=1S/C14H16N2O3/c1-19-9-7-15-13(17)10-16-8-6-11-4-2-3-5-12(11)14(16)18/h2-6,8H,7,9-10H2,1H3,(H,15,17). The van der Waals surface area contributed by atoms with Crippen molar-refractivity contribution >= 4 is 16.7 Å². The second kappa shape index (κ2) is 6.15. The van der Waals surface area contributed by atoms with E-state index in [0.29, 0.717) is 18.5 Å². The normalized spacial score (nSPS) is 10.6. The first-order valence-electron chi connectivity index (χ1n) is 6.06. The fourth-order valence-electron chi connectivity index (χ4n) is 1.86. The minimum atomic E-state index is -0.200. The average molecular weight is 260 g/mol. The molecule has 5 nitrogen and oxygen atoms in total. The molecule has 19 heavy (non-hydrogen) atoms. The largest absolute Gasteiger partial charge is 0.383 e. The second-order valence-corrected chi connectivity index (χ2v) is 4.18. The fraction of sp³-hybridized carbons (Fsp3) is 0.286. The smallest absolute Gasteiger partial charge is 0.258 e. The number of hydrogen-bond acceptors (Lipinski definition) is 3. The minimum absolute atomic E-state index is 0.0212. The van der Waals surface area contributed by atoms with Crippen LogP contribution in [0.3, 0.4) is 0 Å². The lowest BCUT2D eigenvalue weighted by molar-refractivity contribution is -0.121. The van der Waals surface area contributed by atoms with Gasteiger partial charge in [0.15, 0.2) is 0 Å². The summed E-state index contributed by atoms with van der Waals surface area (Å²) in [6.45, 7) is 0.920. The van der Waals surface area contributed by atoms with E-state index in [1.165, 1.54) is 4.57 Å². The first-order chi connectivity index (χ1) is 9.22. The summed E-state index contributed by atoms with van der Waals surface area (Å²) in [5.41, 5.74) is -0.153. The zero-order valence-electron chi connectivity index (χ0n) is 10.8. The number of benzene rings is 1. The summed E-state index contributed by atoms with van der Waals surface area (Å²) in [6, 6.07) is 9.16. The van der Waals surface area contributed by atoms with Crippen molar-refractivity contribution in [3.05, 3.63) is 46.9 Å². The number of ether oxygens (including phenoxy) is 1. The van der Waals surface area contributed by atoms with Crippen LogP contribution in [0.15, 0.2) is 41.3 Å². The van der Waals surface area contributed by atoms with Crippen LogP contribution >= 0.6 is 0 Å². The molecule has 1 amide bonds. The van der Waals surface area contributed by atoms with Crippen molar-refractivity contribution in [3.63, 3.8) is 0 Å². The van der Waals surface area contributed by atoms with Gasteiger partial charge in [0.1, 0.15) is 6.54 Å². The summed E-state index contributed by atoms with van der Waals surface area (Å²) in [4.78, 5) is 23.8. The number of nitrogens with zero attached hydrogens (tertiary/aromatic N) is 1. The van der Waals surface area contributed by atoms with Gasteiger partial charge in [-0.05, 0) is 17.5 Å². The number of aromatic nitrogens is 1. The Morgan fingerprint density at radius 3 is 2.89 bits per heavy atom. The van der Waals surface area contributed by atoms with Gasteiger partial charge in [0.05, 0.1) is 6.61 Å². The summed E-state index contributed by atoms with van der Waals surface area (Å²) in [6.07, 6.45) is 1.64. The first kappa shape index (κ1) is 13.3. The van der Waals surface area contributed by atoms with E-state index in [0.717, 1.165) is 5.39 Å².